The number of aromatic hydroxyl groups is 1. The van der Waals surface area contributed by atoms with Crippen LogP contribution >= 0.6 is 0 Å². The number of hydrogen-bond acceptors (Lipinski definition) is 11. The Morgan fingerprint density at radius 1 is 0.822 bits per heavy atom. The van der Waals surface area contributed by atoms with Gasteiger partial charge in [-0.3, -0.25) is 13.9 Å². The number of carboxylic acids is 2. The Bertz CT molecular complexity index is 2180. The molecule has 0 aliphatic carbocycles. The Balaban J connectivity index is 1.85. The molecule has 18 heteroatoms. The molecule has 0 fully saturated rings. The van der Waals surface area contributed by atoms with Crippen molar-refractivity contribution in [1.82, 2.24) is 0 Å². The fourth-order valence-corrected chi connectivity index (χ4v) is 5.47. The summed E-state index contributed by atoms with van der Waals surface area (Å²) >= 11 is 0. The summed E-state index contributed by atoms with van der Waals surface area (Å²) in [5.41, 5.74) is 4.19. The number of azo groups is 1. The van der Waals surface area contributed by atoms with E-state index in [1.54, 1.807) is 6.92 Å². The first-order valence-electron chi connectivity index (χ1n) is 12.4. The third-order valence-electron chi connectivity index (χ3n) is 6.40. The number of benzene rings is 4. The van der Waals surface area contributed by atoms with Crippen LogP contribution in [0, 0.1) is 0 Å². The molecule has 234 valence electrons. The molecule has 0 aliphatic heterocycles. The first-order chi connectivity index (χ1) is 20.9. The van der Waals surface area contributed by atoms with Crippen molar-refractivity contribution in [3.8, 4) is 16.9 Å². The fraction of sp³-hybridized carbons (Fsp3) is 0.0741. The van der Waals surface area contributed by atoms with Crippen molar-refractivity contribution in [3.05, 3.63) is 65.7 Å². The summed E-state index contributed by atoms with van der Waals surface area (Å²) < 4.78 is 66.6. The van der Waals surface area contributed by atoms with Crippen LogP contribution in [0.25, 0.3) is 21.9 Å². The topological polar surface area (TPSA) is 283 Å². The van der Waals surface area contributed by atoms with Gasteiger partial charge in [0.1, 0.15) is 22.0 Å². The summed E-state index contributed by atoms with van der Waals surface area (Å²) in [4.78, 5) is 33.9. The molecular formula is C27H22N4O12S2. The molecule has 0 aromatic heterocycles. The second kappa shape index (κ2) is 11.9. The van der Waals surface area contributed by atoms with Crippen molar-refractivity contribution in [2.24, 2.45) is 10.2 Å². The van der Waals surface area contributed by atoms with Crippen LogP contribution in [0.2, 0.25) is 0 Å². The quantitative estimate of drug-likeness (QED) is 0.0744. The number of fused-ring (bicyclic) bond motifs is 1. The average molecular weight is 659 g/mol. The molecule has 0 bridgehead atoms. The maximum atomic E-state index is 12.2. The number of nitrogen functional groups attached to an aromatic ring is 1. The molecule has 16 nitrogen and oxygen atoms in total. The highest BCUT2D eigenvalue weighted by Gasteiger charge is 2.25. The maximum absolute atomic E-state index is 12.2. The number of nitrogens with two attached hydrogens (primary N) is 1. The highest BCUT2D eigenvalue weighted by molar-refractivity contribution is 7.86. The van der Waals surface area contributed by atoms with Crippen LogP contribution in [0.4, 0.5) is 22.7 Å². The minimum Gasteiger partial charge on any atom is -0.507 e. The zero-order valence-corrected chi connectivity index (χ0v) is 24.4. The average Bonchev–Trinajstić information content (AvgIpc) is 2.95. The van der Waals surface area contributed by atoms with Crippen LogP contribution in [0.5, 0.6) is 5.75 Å². The number of aromatic carboxylic acids is 2. The number of phenols is 1. The van der Waals surface area contributed by atoms with Gasteiger partial charge in [0, 0.05) is 17.9 Å². The SMILES string of the molecule is CCC(=O)Nc1ccc(-c2ccc(/N=N\c3c(S(=O)(=O)O)cc4cc(S(=O)(=O)O)cc(O)c4c3N)c(C(=O)O)c2)cc1C(=O)O. The lowest BCUT2D eigenvalue weighted by atomic mass is 9.99. The molecule has 0 radical (unpaired) electrons. The number of nitrogens with one attached hydrogen (secondary N) is 1. The van der Waals surface area contributed by atoms with Gasteiger partial charge in [-0.1, -0.05) is 19.1 Å². The van der Waals surface area contributed by atoms with Crippen LogP contribution in [-0.4, -0.2) is 59.1 Å². The van der Waals surface area contributed by atoms with Gasteiger partial charge in [-0.15, -0.1) is 10.2 Å². The van der Waals surface area contributed by atoms with Crippen LogP contribution in [0.3, 0.4) is 0 Å². The first-order valence-corrected chi connectivity index (χ1v) is 15.3. The Morgan fingerprint density at radius 2 is 1.42 bits per heavy atom. The molecule has 0 saturated carbocycles. The van der Waals surface area contributed by atoms with E-state index in [1.165, 1.54) is 30.3 Å². The van der Waals surface area contributed by atoms with Crippen LogP contribution in [-0.2, 0) is 25.0 Å². The smallest absolute Gasteiger partial charge is 0.337 e. The third kappa shape index (κ3) is 6.73. The predicted octanol–water partition coefficient (Wildman–Crippen LogP) is 4.45. The van der Waals surface area contributed by atoms with Crippen molar-refractivity contribution in [1.29, 1.82) is 0 Å². The lowest BCUT2D eigenvalue weighted by Crippen LogP contribution is -2.13. The van der Waals surface area contributed by atoms with Crippen molar-refractivity contribution in [2.45, 2.75) is 23.1 Å². The van der Waals surface area contributed by atoms with E-state index in [2.05, 4.69) is 15.5 Å². The number of anilines is 2. The number of carbonyl (C=O) groups excluding carboxylic acids is 1. The molecular weight excluding hydrogens is 636 g/mol. The van der Waals surface area contributed by atoms with Gasteiger partial charge in [0.05, 0.1) is 27.4 Å². The normalized spacial score (nSPS) is 12.0. The number of amides is 1. The van der Waals surface area contributed by atoms with Gasteiger partial charge in [0.15, 0.2) is 0 Å². The van der Waals surface area contributed by atoms with Crippen molar-refractivity contribution < 1.29 is 55.6 Å². The van der Waals surface area contributed by atoms with Crippen molar-refractivity contribution >= 4 is 71.6 Å². The number of carboxylic acid groups (broad SMARTS) is 2. The largest absolute Gasteiger partial charge is 0.507 e. The molecule has 4 aromatic rings. The Labute approximate surface area is 254 Å². The predicted molar refractivity (Wildman–Crippen MR) is 159 cm³/mol. The lowest BCUT2D eigenvalue weighted by molar-refractivity contribution is -0.115. The van der Waals surface area contributed by atoms with Crippen molar-refractivity contribution in [2.75, 3.05) is 11.1 Å². The second-order valence-corrected chi connectivity index (χ2v) is 12.1. The molecule has 4 rings (SSSR count). The summed E-state index contributed by atoms with van der Waals surface area (Å²) in [6.45, 7) is 1.58. The molecule has 8 N–H and O–H groups in total. The van der Waals surface area contributed by atoms with E-state index in [0.717, 1.165) is 18.2 Å². The van der Waals surface area contributed by atoms with E-state index in [-0.39, 0.29) is 45.3 Å². The van der Waals surface area contributed by atoms with Crippen molar-refractivity contribution in [3.63, 3.8) is 0 Å². The fourth-order valence-electron chi connectivity index (χ4n) is 4.26. The molecule has 45 heavy (non-hydrogen) atoms. The van der Waals surface area contributed by atoms with Gasteiger partial charge in [0.25, 0.3) is 20.2 Å². The summed E-state index contributed by atoms with van der Waals surface area (Å²) in [7, 11) is -9.97. The minimum atomic E-state index is -5.12. The third-order valence-corrected chi connectivity index (χ3v) is 8.10. The van der Waals surface area contributed by atoms with Crippen LogP contribution in [0.15, 0.2) is 74.6 Å². The van der Waals surface area contributed by atoms with Gasteiger partial charge in [-0.2, -0.15) is 16.8 Å². The molecule has 0 heterocycles. The first kappa shape index (κ1) is 32.5. The van der Waals surface area contributed by atoms with Crippen LogP contribution < -0.4 is 11.1 Å². The molecule has 0 aliphatic rings. The van der Waals surface area contributed by atoms with E-state index < -0.39 is 70.6 Å². The van der Waals surface area contributed by atoms with E-state index in [9.17, 15) is 55.6 Å². The number of nitrogens with zero attached hydrogens (tertiary/aromatic N) is 2. The van der Waals surface area contributed by atoms with Gasteiger partial charge >= 0.3 is 11.9 Å². The summed E-state index contributed by atoms with van der Waals surface area (Å²) in [6, 6.07) is 9.85. The van der Waals surface area contributed by atoms with Gasteiger partial charge < -0.3 is 26.4 Å². The van der Waals surface area contributed by atoms with E-state index in [0.29, 0.717) is 6.07 Å². The molecule has 0 unspecified atom stereocenters. The Kier molecular flexibility index (Phi) is 8.61. The highest BCUT2D eigenvalue weighted by Crippen LogP contribution is 2.43. The number of hydrogen-bond donors (Lipinski definition) is 7. The lowest BCUT2D eigenvalue weighted by Gasteiger charge is -2.12. The molecule has 0 atom stereocenters. The van der Waals surface area contributed by atoms with E-state index >= 15 is 0 Å². The standard InChI is InChI=1S/C27H22N4O12S2/c1-2-22(33)29-18-5-3-12(8-16(18)26(34)35)13-4-6-19(17(9-13)27(36)37)30-31-25-21(45(41,42)43)10-14-7-15(44(38,39)40)11-20(32)23(14)24(25)28/h3-11,32H,2,28H2,1H3,(H,29,33)(H,34,35)(H,36,37)(H,38,39,40)(H,41,42,43)/b31-30-. The zero-order chi connectivity index (χ0) is 33.4. The van der Waals surface area contributed by atoms with Gasteiger partial charge in [0.2, 0.25) is 5.91 Å². The molecule has 0 saturated heterocycles. The maximum Gasteiger partial charge on any atom is 0.337 e. The minimum absolute atomic E-state index is 0.0323. The Hall–Kier alpha value is -5.43. The second-order valence-electron chi connectivity index (χ2n) is 9.33. The summed E-state index contributed by atoms with van der Waals surface area (Å²) in [5.74, 6) is -4.08. The summed E-state index contributed by atoms with van der Waals surface area (Å²) in [5, 5.41) is 39.2. The van der Waals surface area contributed by atoms with Gasteiger partial charge in [-0.05, 0) is 52.9 Å². The van der Waals surface area contributed by atoms with Gasteiger partial charge in [-0.25, -0.2) is 9.59 Å². The van der Waals surface area contributed by atoms with Crippen LogP contribution in [0.1, 0.15) is 34.1 Å². The summed E-state index contributed by atoms with van der Waals surface area (Å²) in [6.07, 6.45) is 0.103. The number of rotatable bonds is 9. The number of phenolic OH excluding ortho intramolecular Hbond substituents is 1. The molecule has 0 spiro atoms. The Morgan fingerprint density at radius 3 is 1.98 bits per heavy atom. The highest BCUT2D eigenvalue weighted by atomic mass is 32.2. The number of carbonyl (C=O) groups is 3. The molecule has 4 aromatic carbocycles. The monoisotopic (exact) mass is 658 g/mol. The van der Waals surface area contributed by atoms with E-state index in [4.69, 9.17) is 5.73 Å². The molecule has 1 amide bonds. The zero-order valence-electron chi connectivity index (χ0n) is 22.8. The van der Waals surface area contributed by atoms with E-state index in [1.807, 2.05) is 0 Å².